The summed E-state index contributed by atoms with van der Waals surface area (Å²) in [6, 6.07) is 10.2. The molecule has 13 heavy (non-hydrogen) atoms. The normalized spacial score (nSPS) is 10.9. The average molecular weight is 223 g/mol. The van der Waals surface area contributed by atoms with Gasteiger partial charge in [-0.2, -0.15) is 0 Å². The van der Waals surface area contributed by atoms with Crippen molar-refractivity contribution in [3.63, 3.8) is 0 Å². The Hall–Kier alpha value is -0.280. The van der Waals surface area contributed by atoms with Crippen molar-refractivity contribution in [1.82, 2.24) is 0 Å². The fourth-order valence-electron chi connectivity index (χ4n) is 1.00. The minimum Gasteiger partial charge on any atom is -0.329 e. The molecule has 0 aliphatic carbocycles. The molecule has 1 atom stereocenters. The van der Waals surface area contributed by atoms with Crippen LogP contribution in [0.4, 0.5) is 0 Å². The van der Waals surface area contributed by atoms with Crippen molar-refractivity contribution >= 4 is 24.8 Å². The summed E-state index contributed by atoms with van der Waals surface area (Å²) in [7, 11) is 0. The molecular formula is C9H16Cl2N2. The lowest BCUT2D eigenvalue weighted by Gasteiger charge is -2.07. The molecule has 0 radical (unpaired) electrons. The van der Waals surface area contributed by atoms with Crippen LogP contribution in [0.25, 0.3) is 0 Å². The minimum atomic E-state index is 0. The molecule has 0 amide bonds. The van der Waals surface area contributed by atoms with Gasteiger partial charge in [0.2, 0.25) is 0 Å². The lowest BCUT2D eigenvalue weighted by atomic mass is 10.1. The van der Waals surface area contributed by atoms with Crippen LogP contribution in [-0.2, 0) is 6.42 Å². The average Bonchev–Trinajstić information content (AvgIpc) is 2.06. The van der Waals surface area contributed by atoms with Crippen LogP contribution in [0.2, 0.25) is 0 Å². The number of nitrogens with two attached hydrogens (primary N) is 2. The summed E-state index contributed by atoms with van der Waals surface area (Å²) in [6.45, 7) is 0.550. The molecule has 0 bridgehead atoms. The van der Waals surface area contributed by atoms with E-state index >= 15 is 0 Å². The number of hydrogen-bond donors (Lipinski definition) is 2. The first-order chi connectivity index (χ1) is 5.33. The Balaban J connectivity index is 0. The molecular weight excluding hydrogens is 207 g/mol. The van der Waals surface area contributed by atoms with E-state index in [-0.39, 0.29) is 30.9 Å². The van der Waals surface area contributed by atoms with Gasteiger partial charge in [-0.3, -0.25) is 0 Å². The lowest BCUT2D eigenvalue weighted by molar-refractivity contribution is 0.678. The molecule has 4 N–H and O–H groups in total. The highest BCUT2D eigenvalue weighted by Gasteiger charge is 1.99. The highest BCUT2D eigenvalue weighted by Crippen LogP contribution is 2.00. The second-order valence-electron chi connectivity index (χ2n) is 2.69. The zero-order valence-electron chi connectivity index (χ0n) is 7.35. The van der Waals surface area contributed by atoms with Crippen LogP contribution in [0.1, 0.15) is 5.56 Å². The molecule has 0 aliphatic rings. The largest absolute Gasteiger partial charge is 0.329 e. The smallest absolute Gasteiger partial charge is 0.0203 e. The van der Waals surface area contributed by atoms with E-state index < -0.39 is 0 Å². The second-order valence-corrected chi connectivity index (χ2v) is 2.69. The first-order valence-corrected chi connectivity index (χ1v) is 3.82. The maximum absolute atomic E-state index is 5.68. The predicted octanol–water partition coefficient (Wildman–Crippen LogP) is 1.36. The van der Waals surface area contributed by atoms with E-state index in [1.165, 1.54) is 5.56 Å². The highest BCUT2D eigenvalue weighted by molar-refractivity contribution is 5.85. The fraction of sp³-hybridized carbons (Fsp3) is 0.333. The van der Waals surface area contributed by atoms with E-state index in [1.54, 1.807) is 0 Å². The van der Waals surface area contributed by atoms with Gasteiger partial charge in [-0.1, -0.05) is 30.3 Å². The Morgan fingerprint density at radius 3 is 2.08 bits per heavy atom. The third kappa shape index (κ3) is 5.88. The van der Waals surface area contributed by atoms with Gasteiger partial charge in [0, 0.05) is 12.6 Å². The topological polar surface area (TPSA) is 52.0 Å². The molecule has 76 valence electrons. The Morgan fingerprint density at radius 2 is 1.62 bits per heavy atom. The van der Waals surface area contributed by atoms with Crippen LogP contribution in [-0.4, -0.2) is 12.6 Å². The molecule has 4 heteroatoms. The van der Waals surface area contributed by atoms with Gasteiger partial charge in [0.15, 0.2) is 0 Å². The third-order valence-electron chi connectivity index (χ3n) is 1.64. The fourth-order valence-corrected chi connectivity index (χ4v) is 1.00. The Labute approximate surface area is 91.5 Å². The van der Waals surface area contributed by atoms with E-state index in [9.17, 15) is 0 Å². The highest BCUT2D eigenvalue weighted by atomic mass is 35.5. The van der Waals surface area contributed by atoms with E-state index in [4.69, 9.17) is 11.5 Å². The second kappa shape index (κ2) is 8.32. The van der Waals surface area contributed by atoms with Gasteiger partial charge in [0.05, 0.1) is 0 Å². The first-order valence-electron chi connectivity index (χ1n) is 3.82. The van der Waals surface area contributed by atoms with Crippen molar-refractivity contribution in [3.8, 4) is 0 Å². The summed E-state index contributed by atoms with van der Waals surface area (Å²) in [6.07, 6.45) is 0.872. The number of halogens is 2. The van der Waals surface area contributed by atoms with E-state index in [1.807, 2.05) is 18.2 Å². The summed E-state index contributed by atoms with van der Waals surface area (Å²) in [5, 5.41) is 0. The Bertz CT molecular complexity index is 204. The van der Waals surface area contributed by atoms with E-state index in [0.29, 0.717) is 6.54 Å². The van der Waals surface area contributed by atoms with Crippen LogP contribution in [0, 0.1) is 0 Å². The van der Waals surface area contributed by atoms with Crippen molar-refractivity contribution < 1.29 is 0 Å². The maximum atomic E-state index is 5.68. The van der Waals surface area contributed by atoms with Crippen molar-refractivity contribution in [2.75, 3.05) is 6.54 Å². The van der Waals surface area contributed by atoms with E-state index in [0.717, 1.165) is 6.42 Å². The monoisotopic (exact) mass is 222 g/mol. The van der Waals surface area contributed by atoms with Crippen molar-refractivity contribution in [2.24, 2.45) is 11.5 Å². The SMILES string of the molecule is Cl.Cl.NCC(N)Cc1ccccc1. The lowest BCUT2D eigenvalue weighted by Crippen LogP contribution is -2.31. The van der Waals surface area contributed by atoms with Gasteiger partial charge in [-0.05, 0) is 12.0 Å². The summed E-state index contributed by atoms with van der Waals surface area (Å²) >= 11 is 0. The molecule has 0 heterocycles. The van der Waals surface area contributed by atoms with Crippen LogP contribution in [0.5, 0.6) is 0 Å². The standard InChI is InChI=1S/C9H14N2.2ClH/c10-7-9(11)6-8-4-2-1-3-5-8;;/h1-5,9H,6-7,10-11H2;2*1H. The molecule has 2 nitrogen and oxygen atoms in total. The number of rotatable bonds is 3. The predicted molar refractivity (Wildman–Crippen MR) is 61.7 cm³/mol. The Kier molecular flexibility index (Phi) is 9.74. The molecule has 1 unspecified atom stereocenters. The van der Waals surface area contributed by atoms with Gasteiger partial charge in [-0.25, -0.2) is 0 Å². The van der Waals surface area contributed by atoms with E-state index in [2.05, 4.69) is 12.1 Å². The van der Waals surface area contributed by atoms with Gasteiger partial charge in [0.25, 0.3) is 0 Å². The third-order valence-corrected chi connectivity index (χ3v) is 1.64. The van der Waals surface area contributed by atoms with Gasteiger partial charge in [0.1, 0.15) is 0 Å². The minimum absolute atomic E-state index is 0. The zero-order valence-corrected chi connectivity index (χ0v) is 8.98. The molecule has 1 aromatic carbocycles. The number of benzene rings is 1. The summed E-state index contributed by atoms with van der Waals surface area (Å²) in [5.41, 5.74) is 12.3. The van der Waals surface area contributed by atoms with Gasteiger partial charge >= 0.3 is 0 Å². The summed E-state index contributed by atoms with van der Waals surface area (Å²) < 4.78 is 0. The van der Waals surface area contributed by atoms with Crippen LogP contribution in [0.15, 0.2) is 30.3 Å². The molecule has 1 rings (SSSR count). The molecule has 0 aliphatic heterocycles. The summed E-state index contributed by atoms with van der Waals surface area (Å²) in [5.74, 6) is 0. The van der Waals surface area contributed by atoms with Crippen LogP contribution in [0.3, 0.4) is 0 Å². The molecule has 0 aromatic heterocycles. The number of hydrogen-bond acceptors (Lipinski definition) is 2. The van der Waals surface area contributed by atoms with Gasteiger partial charge in [-0.15, -0.1) is 24.8 Å². The molecule has 0 saturated heterocycles. The maximum Gasteiger partial charge on any atom is 0.0203 e. The van der Waals surface area contributed by atoms with Gasteiger partial charge < -0.3 is 11.5 Å². The van der Waals surface area contributed by atoms with Crippen molar-refractivity contribution in [2.45, 2.75) is 12.5 Å². The summed E-state index contributed by atoms with van der Waals surface area (Å²) in [4.78, 5) is 0. The zero-order chi connectivity index (χ0) is 8.10. The first kappa shape index (κ1) is 15.2. The molecule has 0 saturated carbocycles. The molecule has 0 fully saturated rings. The van der Waals surface area contributed by atoms with Crippen molar-refractivity contribution in [1.29, 1.82) is 0 Å². The van der Waals surface area contributed by atoms with Crippen LogP contribution < -0.4 is 11.5 Å². The van der Waals surface area contributed by atoms with Crippen molar-refractivity contribution in [3.05, 3.63) is 35.9 Å². The molecule has 1 aromatic rings. The molecule has 0 spiro atoms. The quantitative estimate of drug-likeness (QED) is 0.812. The van der Waals surface area contributed by atoms with Crippen LogP contribution >= 0.6 is 24.8 Å². The Morgan fingerprint density at radius 1 is 1.08 bits per heavy atom.